The van der Waals surface area contributed by atoms with Crippen LogP contribution in [0.1, 0.15) is 47.2 Å². The minimum absolute atomic E-state index is 0.189. The largest absolute Gasteiger partial charge is 0.489 e. The second-order valence-corrected chi connectivity index (χ2v) is 4.71. The number of hydrogen-bond acceptors (Lipinski definition) is 2. The van der Waals surface area contributed by atoms with Gasteiger partial charge in [0.15, 0.2) is 0 Å². The van der Waals surface area contributed by atoms with E-state index in [1.165, 1.54) is 12.8 Å². The van der Waals surface area contributed by atoms with Crippen molar-refractivity contribution in [3.8, 4) is 5.75 Å². The van der Waals surface area contributed by atoms with Gasteiger partial charge in [-0.1, -0.05) is 6.07 Å². The smallest absolute Gasteiger partial charge is 0.339 e. The van der Waals surface area contributed by atoms with Crippen LogP contribution in [0.5, 0.6) is 5.75 Å². The fourth-order valence-electron chi connectivity index (χ4n) is 2.28. The summed E-state index contributed by atoms with van der Waals surface area (Å²) in [5, 5.41) is 9.17. The van der Waals surface area contributed by atoms with Crippen LogP contribution in [0.2, 0.25) is 0 Å². The van der Waals surface area contributed by atoms with E-state index < -0.39 is 5.97 Å². The maximum atomic E-state index is 11.2. The molecule has 0 amide bonds. The molecule has 3 heteroatoms. The molecular formula is C14H18O3. The zero-order valence-corrected chi connectivity index (χ0v) is 10.3. The lowest BCUT2D eigenvalue weighted by molar-refractivity contribution is 0.0689. The molecule has 1 N–H and O–H groups in total. The van der Waals surface area contributed by atoms with Gasteiger partial charge in [-0.2, -0.15) is 0 Å². The van der Waals surface area contributed by atoms with Gasteiger partial charge in [-0.05, 0) is 56.7 Å². The molecule has 1 fully saturated rings. The van der Waals surface area contributed by atoms with Crippen LogP contribution in [-0.2, 0) is 0 Å². The first kappa shape index (κ1) is 12.0. The quantitative estimate of drug-likeness (QED) is 0.872. The standard InChI is InChI=1S/C14H18O3/c1-9-7-8-12(14(15)16)13(10(9)2)17-11-5-3-4-6-11/h7-8,11H,3-6H2,1-2H3,(H,15,16). The molecule has 0 saturated heterocycles. The van der Waals surface area contributed by atoms with Crippen molar-refractivity contribution in [1.82, 2.24) is 0 Å². The molecule has 0 aliphatic heterocycles. The molecule has 0 atom stereocenters. The Morgan fingerprint density at radius 1 is 1.29 bits per heavy atom. The molecule has 0 spiro atoms. The molecule has 0 radical (unpaired) electrons. The maximum Gasteiger partial charge on any atom is 0.339 e. The highest BCUT2D eigenvalue weighted by molar-refractivity contribution is 5.91. The van der Waals surface area contributed by atoms with E-state index in [0.717, 1.165) is 24.0 Å². The lowest BCUT2D eigenvalue weighted by Gasteiger charge is -2.18. The van der Waals surface area contributed by atoms with E-state index in [4.69, 9.17) is 4.74 Å². The van der Waals surface area contributed by atoms with E-state index >= 15 is 0 Å². The Balaban J connectivity index is 2.34. The minimum atomic E-state index is -0.916. The minimum Gasteiger partial charge on any atom is -0.489 e. The van der Waals surface area contributed by atoms with Crippen LogP contribution in [0.15, 0.2) is 12.1 Å². The van der Waals surface area contributed by atoms with Gasteiger partial charge in [0.1, 0.15) is 11.3 Å². The first-order valence-electron chi connectivity index (χ1n) is 6.09. The molecule has 0 aromatic heterocycles. The van der Waals surface area contributed by atoms with Crippen LogP contribution < -0.4 is 4.74 Å². The Labute approximate surface area is 101 Å². The van der Waals surface area contributed by atoms with Gasteiger partial charge in [0.25, 0.3) is 0 Å². The van der Waals surface area contributed by atoms with E-state index in [0.29, 0.717) is 5.75 Å². The Morgan fingerprint density at radius 2 is 1.94 bits per heavy atom. The highest BCUT2D eigenvalue weighted by Crippen LogP contribution is 2.31. The number of ether oxygens (including phenoxy) is 1. The predicted molar refractivity (Wildman–Crippen MR) is 65.8 cm³/mol. The Hall–Kier alpha value is -1.51. The van der Waals surface area contributed by atoms with Gasteiger partial charge in [-0.25, -0.2) is 4.79 Å². The van der Waals surface area contributed by atoms with Crippen molar-refractivity contribution in [3.63, 3.8) is 0 Å². The number of carboxylic acid groups (broad SMARTS) is 1. The van der Waals surface area contributed by atoms with Crippen LogP contribution >= 0.6 is 0 Å². The first-order valence-corrected chi connectivity index (χ1v) is 6.09. The molecule has 3 nitrogen and oxygen atoms in total. The van der Waals surface area contributed by atoms with Crippen molar-refractivity contribution in [2.75, 3.05) is 0 Å². The maximum absolute atomic E-state index is 11.2. The molecule has 1 saturated carbocycles. The summed E-state index contributed by atoms with van der Waals surface area (Å²) in [7, 11) is 0. The molecule has 2 rings (SSSR count). The molecule has 17 heavy (non-hydrogen) atoms. The molecular weight excluding hydrogens is 216 g/mol. The molecule has 1 aliphatic carbocycles. The van der Waals surface area contributed by atoms with Crippen LogP contribution in [0.4, 0.5) is 0 Å². The van der Waals surface area contributed by atoms with E-state index in [1.807, 2.05) is 19.9 Å². The Morgan fingerprint density at radius 3 is 2.53 bits per heavy atom. The summed E-state index contributed by atoms with van der Waals surface area (Å²) in [5.41, 5.74) is 2.29. The molecule has 0 unspecified atom stereocenters. The SMILES string of the molecule is Cc1ccc(C(=O)O)c(OC2CCCC2)c1C. The summed E-state index contributed by atoms with van der Waals surface area (Å²) in [6.45, 7) is 3.90. The van der Waals surface area contributed by atoms with Crippen LogP contribution in [0, 0.1) is 13.8 Å². The number of benzene rings is 1. The average molecular weight is 234 g/mol. The van der Waals surface area contributed by atoms with Crippen molar-refractivity contribution >= 4 is 5.97 Å². The van der Waals surface area contributed by atoms with Crippen LogP contribution in [0.3, 0.4) is 0 Å². The monoisotopic (exact) mass is 234 g/mol. The predicted octanol–water partition coefficient (Wildman–Crippen LogP) is 3.32. The number of carbonyl (C=O) groups is 1. The van der Waals surface area contributed by atoms with Gasteiger partial charge >= 0.3 is 5.97 Å². The molecule has 1 aromatic carbocycles. The van der Waals surface area contributed by atoms with Crippen molar-refractivity contribution < 1.29 is 14.6 Å². The molecule has 1 aliphatic rings. The number of aromatic carboxylic acids is 1. The number of carboxylic acids is 1. The topological polar surface area (TPSA) is 46.5 Å². The van der Waals surface area contributed by atoms with E-state index in [-0.39, 0.29) is 11.7 Å². The summed E-state index contributed by atoms with van der Waals surface area (Å²) in [6, 6.07) is 3.47. The summed E-state index contributed by atoms with van der Waals surface area (Å²) in [6.07, 6.45) is 4.61. The Kier molecular flexibility index (Phi) is 3.36. The third kappa shape index (κ3) is 2.43. The third-order valence-electron chi connectivity index (χ3n) is 3.49. The number of rotatable bonds is 3. The second-order valence-electron chi connectivity index (χ2n) is 4.71. The lowest BCUT2D eigenvalue weighted by atomic mass is 10.0. The highest BCUT2D eigenvalue weighted by atomic mass is 16.5. The summed E-state index contributed by atoms with van der Waals surface area (Å²) in [4.78, 5) is 11.2. The first-order chi connectivity index (χ1) is 8.09. The van der Waals surface area contributed by atoms with E-state index in [2.05, 4.69) is 0 Å². The molecule has 0 bridgehead atoms. The Bertz CT molecular complexity index is 431. The van der Waals surface area contributed by atoms with Crippen molar-refractivity contribution in [3.05, 3.63) is 28.8 Å². The number of aryl methyl sites for hydroxylation is 1. The van der Waals surface area contributed by atoms with Crippen LogP contribution in [0.25, 0.3) is 0 Å². The average Bonchev–Trinajstić information content (AvgIpc) is 2.77. The molecule has 92 valence electrons. The highest BCUT2D eigenvalue weighted by Gasteiger charge is 2.21. The lowest BCUT2D eigenvalue weighted by Crippen LogP contribution is -2.15. The van der Waals surface area contributed by atoms with Crippen molar-refractivity contribution in [1.29, 1.82) is 0 Å². The van der Waals surface area contributed by atoms with E-state index in [1.54, 1.807) is 6.07 Å². The molecule has 1 aromatic rings. The van der Waals surface area contributed by atoms with Gasteiger partial charge in [0.2, 0.25) is 0 Å². The summed E-state index contributed by atoms with van der Waals surface area (Å²) >= 11 is 0. The zero-order valence-electron chi connectivity index (χ0n) is 10.3. The fraction of sp³-hybridized carbons (Fsp3) is 0.500. The van der Waals surface area contributed by atoms with Gasteiger partial charge in [0, 0.05) is 0 Å². The van der Waals surface area contributed by atoms with Gasteiger partial charge in [-0.15, -0.1) is 0 Å². The van der Waals surface area contributed by atoms with E-state index in [9.17, 15) is 9.90 Å². The van der Waals surface area contributed by atoms with Crippen molar-refractivity contribution in [2.24, 2.45) is 0 Å². The zero-order chi connectivity index (χ0) is 12.4. The number of hydrogen-bond donors (Lipinski definition) is 1. The van der Waals surface area contributed by atoms with Gasteiger partial charge < -0.3 is 9.84 Å². The third-order valence-corrected chi connectivity index (χ3v) is 3.49. The fourth-order valence-corrected chi connectivity index (χ4v) is 2.28. The van der Waals surface area contributed by atoms with Gasteiger partial charge in [-0.3, -0.25) is 0 Å². The second kappa shape index (κ2) is 4.78. The summed E-state index contributed by atoms with van der Waals surface area (Å²) in [5.74, 6) is -0.356. The van der Waals surface area contributed by atoms with Crippen LogP contribution in [-0.4, -0.2) is 17.2 Å². The van der Waals surface area contributed by atoms with Gasteiger partial charge in [0.05, 0.1) is 6.10 Å². The summed E-state index contributed by atoms with van der Waals surface area (Å²) < 4.78 is 5.90. The van der Waals surface area contributed by atoms with Crippen molar-refractivity contribution in [2.45, 2.75) is 45.6 Å². The molecule has 0 heterocycles. The normalized spacial score (nSPS) is 16.1.